The van der Waals surface area contributed by atoms with E-state index in [9.17, 15) is 9.59 Å². The largest absolute Gasteiger partial charge is 0.449 e. The van der Waals surface area contributed by atoms with Crippen molar-refractivity contribution in [3.8, 4) is 11.1 Å². The Labute approximate surface area is 211 Å². The lowest BCUT2D eigenvalue weighted by Crippen LogP contribution is -2.38. The number of nitrogens with one attached hydrogen (secondary N) is 1. The van der Waals surface area contributed by atoms with Gasteiger partial charge in [-0.05, 0) is 63.8 Å². The molecule has 0 saturated heterocycles. The van der Waals surface area contributed by atoms with Crippen molar-refractivity contribution in [1.82, 2.24) is 5.32 Å². The Hall–Kier alpha value is -3.92. The van der Waals surface area contributed by atoms with Gasteiger partial charge < -0.3 is 14.8 Å². The van der Waals surface area contributed by atoms with Crippen molar-refractivity contribution >= 4 is 23.2 Å². The molecule has 0 unspecified atom stereocenters. The molecule has 0 aliphatic heterocycles. The highest BCUT2D eigenvalue weighted by Crippen LogP contribution is 2.44. The smallest absolute Gasteiger partial charge is 0.407 e. The summed E-state index contributed by atoms with van der Waals surface area (Å²) in [5.41, 5.74) is 5.99. The molecule has 0 spiro atoms. The van der Waals surface area contributed by atoms with Crippen molar-refractivity contribution in [1.29, 1.82) is 0 Å². The summed E-state index contributed by atoms with van der Waals surface area (Å²) in [6.45, 7) is 0.295. The maximum absolute atomic E-state index is 13.0. The third-order valence-electron chi connectivity index (χ3n) is 7.70. The molecule has 3 atom stereocenters. The molecule has 0 heterocycles. The first-order chi connectivity index (χ1) is 17.7. The van der Waals surface area contributed by atoms with Gasteiger partial charge in [0.05, 0.1) is 0 Å². The number of benzene rings is 4. The molecule has 2 aliphatic carbocycles. The Bertz CT molecular complexity index is 1380. The highest BCUT2D eigenvalue weighted by Gasteiger charge is 2.38. The quantitative estimate of drug-likeness (QED) is 0.295. The van der Waals surface area contributed by atoms with Crippen LogP contribution in [0.1, 0.15) is 35.4 Å². The number of carbonyl (C=O) groups excluding carboxylic acids is 2. The molecule has 1 saturated carbocycles. The fraction of sp³-hybridized carbons (Fsp3) is 0.250. The van der Waals surface area contributed by atoms with E-state index in [0.717, 1.165) is 19.1 Å². The van der Waals surface area contributed by atoms with Gasteiger partial charge in [0.2, 0.25) is 0 Å². The molecule has 1 N–H and O–H groups in total. The van der Waals surface area contributed by atoms with E-state index in [1.807, 2.05) is 36.4 Å². The normalized spacial score (nSPS) is 18.8. The van der Waals surface area contributed by atoms with Gasteiger partial charge in [-0.2, -0.15) is 0 Å². The number of rotatable bonds is 8. The van der Waals surface area contributed by atoms with E-state index in [2.05, 4.69) is 59.9 Å². The highest BCUT2D eigenvalue weighted by atomic mass is 16.5. The number of fused-ring (bicyclic) bond motifs is 4. The first-order valence-corrected chi connectivity index (χ1v) is 12.7. The van der Waals surface area contributed by atoms with Gasteiger partial charge in [-0.3, -0.25) is 0 Å². The molecule has 4 aromatic rings. The molecule has 4 aromatic carbocycles. The number of hydrogen-bond acceptors (Lipinski definition) is 3. The van der Waals surface area contributed by atoms with E-state index >= 15 is 0 Å². The molecule has 180 valence electrons. The first-order valence-electron chi connectivity index (χ1n) is 12.7. The molecule has 2 aliphatic rings. The zero-order chi connectivity index (χ0) is 24.5. The summed E-state index contributed by atoms with van der Waals surface area (Å²) < 4.78 is 5.81. The van der Waals surface area contributed by atoms with Crippen LogP contribution < -0.4 is 5.32 Å². The molecule has 1 fully saturated rings. The summed E-state index contributed by atoms with van der Waals surface area (Å²) in [6.07, 6.45) is 3.04. The van der Waals surface area contributed by atoms with Crippen molar-refractivity contribution in [2.75, 3.05) is 6.61 Å². The molecule has 0 aromatic heterocycles. The van der Waals surface area contributed by atoms with Crippen LogP contribution in [-0.2, 0) is 16.0 Å². The molecule has 0 bridgehead atoms. The van der Waals surface area contributed by atoms with Gasteiger partial charge in [-0.25, -0.2) is 4.79 Å². The van der Waals surface area contributed by atoms with E-state index in [1.54, 1.807) is 0 Å². The van der Waals surface area contributed by atoms with Crippen LogP contribution in [0.25, 0.3) is 21.9 Å². The van der Waals surface area contributed by atoms with Crippen molar-refractivity contribution in [3.63, 3.8) is 0 Å². The van der Waals surface area contributed by atoms with Crippen LogP contribution in [0.3, 0.4) is 0 Å². The lowest BCUT2D eigenvalue weighted by molar-refractivity contribution is -0.109. The van der Waals surface area contributed by atoms with E-state index in [0.29, 0.717) is 18.9 Å². The summed E-state index contributed by atoms with van der Waals surface area (Å²) in [5, 5.41) is 5.51. The maximum Gasteiger partial charge on any atom is 0.407 e. The number of aldehydes is 1. The SMILES string of the molecule is O=C[C@H]1C[C@H]1C[C@@H](Cc1ccc2ccccc2c1)NC(=O)OCC1c2ccccc2-c2ccccc21. The molecule has 1 amide bonds. The van der Waals surface area contributed by atoms with Crippen molar-refractivity contribution in [2.24, 2.45) is 11.8 Å². The van der Waals surface area contributed by atoms with Gasteiger partial charge in [0.15, 0.2) is 0 Å². The summed E-state index contributed by atoms with van der Waals surface area (Å²) in [7, 11) is 0. The monoisotopic (exact) mass is 475 g/mol. The third kappa shape index (κ3) is 4.51. The zero-order valence-electron chi connectivity index (χ0n) is 20.1. The topological polar surface area (TPSA) is 55.4 Å². The van der Waals surface area contributed by atoms with Gasteiger partial charge in [-0.15, -0.1) is 0 Å². The van der Waals surface area contributed by atoms with Crippen LogP contribution in [0.15, 0.2) is 91.0 Å². The van der Waals surface area contributed by atoms with Crippen LogP contribution in [-0.4, -0.2) is 25.0 Å². The minimum Gasteiger partial charge on any atom is -0.449 e. The van der Waals surface area contributed by atoms with E-state index in [1.165, 1.54) is 38.6 Å². The second-order valence-electron chi connectivity index (χ2n) is 10.1. The average molecular weight is 476 g/mol. The molecule has 36 heavy (non-hydrogen) atoms. The lowest BCUT2D eigenvalue weighted by Gasteiger charge is -2.20. The maximum atomic E-state index is 13.0. The van der Waals surface area contributed by atoms with Crippen LogP contribution in [0, 0.1) is 11.8 Å². The Morgan fingerprint density at radius 3 is 2.25 bits per heavy atom. The Balaban J connectivity index is 1.15. The fourth-order valence-corrected chi connectivity index (χ4v) is 5.72. The molecule has 4 heteroatoms. The lowest BCUT2D eigenvalue weighted by atomic mass is 9.98. The van der Waals surface area contributed by atoms with Crippen molar-refractivity contribution < 1.29 is 14.3 Å². The Morgan fingerprint density at radius 1 is 0.889 bits per heavy atom. The molecule has 4 nitrogen and oxygen atoms in total. The third-order valence-corrected chi connectivity index (χ3v) is 7.70. The number of hydrogen-bond donors (Lipinski definition) is 1. The average Bonchev–Trinajstić information content (AvgIpc) is 3.59. The van der Waals surface area contributed by atoms with Gasteiger partial charge in [0.25, 0.3) is 0 Å². The summed E-state index contributed by atoms with van der Waals surface area (Å²) in [6, 6.07) is 31.3. The van der Waals surface area contributed by atoms with Crippen LogP contribution in [0.5, 0.6) is 0 Å². The summed E-state index contributed by atoms with van der Waals surface area (Å²) in [5.74, 6) is 0.486. The van der Waals surface area contributed by atoms with Gasteiger partial charge >= 0.3 is 6.09 Å². The Kier molecular flexibility index (Phi) is 6.02. The molecular formula is C32H29NO3. The van der Waals surface area contributed by atoms with Gasteiger partial charge in [-0.1, -0.05) is 91.0 Å². The molecule has 6 rings (SSSR count). The number of ether oxygens (including phenoxy) is 1. The second-order valence-corrected chi connectivity index (χ2v) is 10.1. The van der Waals surface area contributed by atoms with E-state index in [4.69, 9.17) is 4.74 Å². The standard InChI is InChI=1S/C32H29NO3/c34-19-25-17-24(25)18-26(16-21-13-14-22-7-1-2-8-23(22)15-21)33-32(35)36-20-31-29-11-5-3-9-27(29)28-10-4-6-12-30(28)31/h1-15,19,24-26,31H,16-18,20H2,(H,33,35)/t24-,25+,26+/m0/s1. The molecule has 0 radical (unpaired) electrons. The predicted molar refractivity (Wildman–Crippen MR) is 142 cm³/mol. The number of amides is 1. The predicted octanol–water partition coefficient (Wildman–Crippen LogP) is 6.51. The van der Waals surface area contributed by atoms with Crippen molar-refractivity contribution in [2.45, 2.75) is 31.2 Å². The highest BCUT2D eigenvalue weighted by molar-refractivity contribution is 5.83. The fourth-order valence-electron chi connectivity index (χ4n) is 5.72. The van der Waals surface area contributed by atoms with Crippen LogP contribution >= 0.6 is 0 Å². The minimum absolute atomic E-state index is 0.0324. The minimum atomic E-state index is -0.397. The van der Waals surface area contributed by atoms with Crippen LogP contribution in [0.4, 0.5) is 4.79 Å². The van der Waals surface area contributed by atoms with Gasteiger partial charge in [0, 0.05) is 17.9 Å². The van der Waals surface area contributed by atoms with Crippen molar-refractivity contribution in [3.05, 3.63) is 108 Å². The van der Waals surface area contributed by atoms with Crippen LogP contribution in [0.2, 0.25) is 0 Å². The molecular weight excluding hydrogens is 446 g/mol. The zero-order valence-corrected chi connectivity index (χ0v) is 20.1. The summed E-state index contributed by atoms with van der Waals surface area (Å²) >= 11 is 0. The number of alkyl carbamates (subject to hydrolysis) is 1. The van der Waals surface area contributed by atoms with E-state index < -0.39 is 6.09 Å². The first kappa shape index (κ1) is 22.5. The number of carbonyl (C=O) groups is 2. The second kappa shape index (κ2) is 9.62. The van der Waals surface area contributed by atoms with Gasteiger partial charge in [0.1, 0.15) is 12.9 Å². The Morgan fingerprint density at radius 2 is 1.56 bits per heavy atom. The van der Waals surface area contributed by atoms with E-state index in [-0.39, 0.29) is 17.9 Å². The summed E-state index contributed by atoms with van der Waals surface area (Å²) in [4.78, 5) is 24.2.